The van der Waals surface area contributed by atoms with E-state index in [0.29, 0.717) is 6.61 Å². The third-order valence-corrected chi connectivity index (χ3v) is 3.72. The van der Waals surface area contributed by atoms with Crippen LogP contribution in [0.3, 0.4) is 0 Å². The fourth-order valence-electron chi connectivity index (χ4n) is 1.52. The minimum atomic E-state index is 0.519. The van der Waals surface area contributed by atoms with Crippen molar-refractivity contribution >= 4 is 31.9 Å². The largest absolute Gasteiger partial charge is 0.496 e. The summed E-state index contributed by atoms with van der Waals surface area (Å²) in [5, 5.41) is 0. The van der Waals surface area contributed by atoms with Gasteiger partial charge in [0.05, 0.1) is 16.1 Å². The molecule has 0 saturated carbocycles. The van der Waals surface area contributed by atoms with E-state index in [1.54, 1.807) is 7.11 Å². The van der Waals surface area contributed by atoms with Crippen molar-refractivity contribution in [2.45, 2.75) is 6.61 Å². The lowest BCUT2D eigenvalue weighted by molar-refractivity contribution is 0.304. The number of rotatable bonds is 4. The SMILES string of the molecule is COc1ccc(COc2ccccc2Br)cc1Br. The summed E-state index contributed by atoms with van der Waals surface area (Å²) < 4.78 is 12.8. The predicted molar refractivity (Wildman–Crippen MR) is 79.2 cm³/mol. The van der Waals surface area contributed by atoms with Crippen molar-refractivity contribution in [3.63, 3.8) is 0 Å². The second kappa shape index (κ2) is 6.25. The monoisotopic (exact) mass is 370 g/mol. The Morgan fingerprint density at radius 1 is 0.944 bits per heavy atom. The molecule has 2 aromatic rings. The van der Waals surface area contributed by atoms with Gasteiger partial charge in [-0.2, -0.15) is 0 Å². The van der Waals surface area contributed by atoms with Gasteiger partial charge in [0.2, 0.25) is 0 Å². The summed E-state index contributed by atoms with van der Waals surface area (Å²) in [6.45, 7) is 0.519. The van der Waals surface area contributed by atoms with Crippen molar-refractivity contribution in [2.75, 3.05) is 7.11 Å². The Hall–Kier alpha value is -1.000. The first-order valence-corrected chi connectivity index (χ1v) is 6.99. The van der Waals surface area contributed by atoms with Crippen molar-refractivity contribution in [3.8, 4) is 11.5 Å². The Bertz CT molecular complexity index is 541. The highest BCUT2D eigenvalue weighted by Gasteiger charge is 2.03. The zero-order chi connectivity index (χ0) is 13.0. The summed E-state index contributed by atoms with van der Waals surface area (Å²) >= 11 is 6.91. The van der Waals surface area contributed by atoms with E-state index in [0.717, 1.165) is 26.0 Å². The standard InChI is InChI=1S/C14H12Br2O2/c1-17-13-7-6-10(8-12(13)16)9-18-14-5-3-2-4-11(14)15/h2-8H,9H2,1H3. The molecule has 0 radical (unpaired) electrons. The van der Waals surface area contributed by atoms with Gasteiger partial charge in [0.1, 0.15) is 18.1 Å². The minimum Gasteiger partial charge on any atom is -0.496 e. The Morgan fingerprint density at radius 3 is 2.39 bits per heavy atom. The van der Waals surface area contributed by atoms with E-state index in [4.69, 9.17) is 9.47 Å². The molecular formula is C14H12Br2O2. The van der Waals surface area contributed by atoms with Crippen LogP contribution in [-0.4, -0.2) is 7.11 Å². The van der Waals surface area contributed by atoms with Crippen molar-refractivity contribution in [1.29, 1.82) is 0 Å². The smallest absolute Gasteiger partial charge is 0.133 e. The van der Waals surface area contributed by atoms with Crippen LogP contribution in [-0.2, 0) is 6.61 Å². The molecule has 0 amide bonds. The Balaban J connectivity index is 2.07. The summed E-state index contributed by atoms with van der Waals surface area (Å²) in [5.41, 5.74) is 1.08. The Kier molecular flexibility index (Phi) is 4.66. The molecule has 0 aromatic heterocycles. The number of hydrogen-bond acceptors (Lipinski definition) is 2. The highest BCUT2D eigenvalue weighted by molar-refractivity contribution is 9.10. The first-order valence-electron chi connectivity index (χ1n) is 5.40. The molecular weight excluding hydrogens is 360 g/mol. The van der Waals surface area contributed by atoms with Crippen LogP contribution in [0, 0.1) is 0 Å². The molecule has 0 bridgehead atoms. The van der Waals surface area contributed by atoms with Crippen LogP contribution in [0.25, 0.3) is 0 Å². The van der Waals surface area contributed by atoms with Crippen LogP contribution in [0.4, 0.5) is 0 Å². The van der Waals surface area contributed by atoms with Gasteiger partial charge in [-0.15, -0.1) is 0 Å². The second-order valence-corrected chi connectivity index (χ2v) is 5.40. The van der Waals surface area contributed by atoms with Gasteiger partial charge in [0.15, 0.2) is 0 Å². The summed E-state index contributed by atoms with van der Waals surface area (Å²) in [6.07, 6.45) is 0. The maximum atomic E-state index is 5.74. The first-order chi connectivity index (χ1) is 8.70. The quantitative estimate of drug-likeness (QED) is 0.768. The van der Waals surface area contributed by atoms with E-state index >= 15 is 0 Å². The molecule has 0 aliphatic rings. The molecule has 0 fully saturated rings. The maximum absolute atomic E-state index is 5.74. The van der Waals surface area contributed by atoms with Crippen molar-refractivity contribution in [3.05, 3.63) is 57.0 Å². The molecule has 0 atom stereocenters. The molecule has 2 aromatic carbocycles. The Labute approximate surface area is 123 Å². The van der Waals surface area contributed by atoms with Gasteiger partial charge >= 0.3 is 0 Å². The van der Waals surface area contributed by atoms with Crippen LogP contribution in [0.5, 0.6) is 11.5 Å². The van der Waals surface area contributed by atoms with Crippen molar-refractivity contribution in [2.24, 2.45) is 0 Å². The predicted octanol–water partition coefficient (Wildman–Crippen LogP) is 4.80. The van der Waals surface area contributed by atoms with Crippen LogP contribution >= 0.6 is 31.9 Å². The third kappa shape index (κ3) is 3.27. The van der Waals surface area contributed by atoms with Crippen molar-refractivity contribution in [1.82, 2.24) is 0 Å². The number of benzene rings is 2. The van der Waals surface area contributed by atoms with Gasteiger partial charge in [-0.05, 0) is 61.7 Å². The molecule has 2 nitrogen and oxygen atoms in total. The first kappa shape index (κ1) is 13.4. The summed E-state index contributed by atoms with van der Waals surface area (Å²) in [4.78, 5) is 0. The maximum Gasteiger partial charge on any atom is 0.133 e. The zero-order valence-electron chi connectivity index (χ0n) is 9.82. The van der Waals surface area contributed by atoms with E-state index in [1.807, 2.05) is 42.5 Å². The minimum absolute atomic E-state index is 0.519. The van der Waals surface area contributed by atoms with Gasteiger partial charge in [-0.3, -0.25) is 0 Å². The fourth-order valence-corrected chi connectivity index (χ4v) is 2.51. The lowest BCUT2D eigenvalue weighted by atomic mass is 10.2. The topological polar surface area (TPSA) is 18.5 Å². The van der Waals surface area contributed by atoms with Crippen LogP contribution in [0.2, 0.25) is 0 Å². The van der Waals surface area contributed by atoms with E-state index in [1.165, 1.54) is 0 Å². The van der Waals surface area contributed by atoms with Gasteiger partial charge in [0.25, 0.3) is 0 Å². The molecule has 0 heterocycles. The molecule has 2 rings (SSSR count). The average molecular weight is 372 g/mol. The van der Waals surface area contributed by atoms with Crippen LogP contribution < -0.4 is 9.47 Å². The molecule has 0 N–H and O–H groups in total. The molecule has 0 aliphatic heterocycles. The van der Waals surface area contributed by atoms with Crippen LogP contribution in [0.15, 0.2) is 51.4 Å². The number of hydrogen-bond donors (Lipinski definition) is 0. The lowest BCUT2D eigenvalue weighted by Gasteiger charge is -2.09. The Morgan fingerprint density at radius 2 is 1.72 bits per heavy atom. The van der Waals surface area contributed by atoms with E-state index < -0.39 is 0 Å². The summed E-state index contributed by atoms with van der Waals surface area (Å²) in [7, 11) is 1.65. The van der Waals surface area contributed by atoms with Gasteiger partial charge in [0, 0.05) is 0 Å². The highest BCUT2D eigenvalue weighted by Crippen LogP contribution is 2.28. The molecule has 0 unspecified atom stereocenters. The second-order valence-electron chi connectivity index (χ2n) is 3.69. The summed E-state index contributed by atoms with van der Waals surface area (Å²) in [5.74, 6) is 1.66. The highest BCUT2D eigenvalue weighted by atomic mass is 79.9. The fraction of sp³-hybridized carbons (Fsp3) is 0.143. The van der Waals surface area contributed by atoms with Gasteiger partial charge in [-0.1, -0.05) is 18.2 Å². The van der Waals surface area contributed by atoms with Crippen LogP contribution in [0.1, 0.15) is 5.56 Å². The normalized spacial score (nSPS) is 10.2. The number of halogens is 2. The number of ether oxygens (including phenoxy) is 2. The zero-order valence-corrected chi connectivity index (χ0v) is 13.0. The molecule has 0 aliphatic carbocycles. The van der Waals surface area contributed by atoms with E-state index in [2.05, 4.69) is 31.9 Å². The van der Waals surface area contributed by atoms with Gasteiger partial charge < -0.3 is 9.47 Å². The summed E-state index contributed by atoms with van der Waals surface area (Å²) in [6, 6.07) is 13.7. The number of methoxy groups -OCH3 is 1. The molecule has 0 saturated heterocycles. The van der Waals surface area contributed by atoms with E-state index in [-0.39, 0.29) is 0 Å². The lowest BCUT2D eigenvalue weighted by Crippen LogP contribution is -1.96. The molecule has 4 heteroatoms. The van der Waals surface area contributed by atoms with Crippen molar-refractivity contribution < 1.29 is 9.47 Å². The number of para-hydroxylation sites is 1. The third-order valence-electron chi connectivity index (χ3n) is 2.45. The van der Waals surface area contributed by atoms with E-state index in [9.17, 15) is 0 Å². The molecule has 18 heavy (non-hydrogen) atoms. The molecule has 0 spiro atoms. The average Bonchev–Trinajstić information content (AvgIpc) is 2.38. The van der Waals surface area contributed by atoms with Gasteiger partial charge in [-0.25, -0.2) is 0 Å². The molecule has 94 valence electrons.